The van der Waals surface area contributed by atoms with Crippen LogP contribution in [0, 0.1) is 13.8 Å². The van der Waals surface area contributed by atoms with E-state index in [9.17, 15) is 17.6 Å². The molecule has 7 nitrogen and oxygen atoms in total. The summed E-state index contributed by atoms with van der Waals surface area (Å²) in [5.41, 5.74) is 2.76. The van der Waals surface area contributed by atoms with Gasteiger partial charge in [0.25, 0.3) is 10.0 Å². The number of aryl methyl sites for hydroxylation is 2. The van der Waals surface area contributed by atoms with E-state index in [4.69, 9.17) is 9.84 Å². The Bertz CT molecular complexity index is 1230. The Morgan fingerprint density at radius 3 is 2.39 bits per heavy atom. The summed E-state index contributed by atoms with van der Waals surface area (Å²) in [6, 6.07) is 12.5. The maximum absolute atomic E-state index is 14.1. The lowest BCUT2D eigenvalue weighted by Crippen LogP contribution is -2.36. The average molecular weight is 473 g/mol. The zero-order valence-corrected chi connectivity index (χ0v) is 19.3. The first-order valence-electron chi connectivity index (χ1n) is 10.2. The minimum Gasteiger partial charge on any atom is -0.487 e. The number of hydrogen-bond donors (Lipinski definition) is 1. The molecule has 9 heteroatoms. The SMILES string of the molecule is Cc1cc(OCc2ccc(C(=O)O)cc2)c(N(C[C@H](C)F)S(=O)(=O)c2cccnc2)cc1C. The number of aromatic carboxylic acids is 1. The summed E-state index contributed by atoms with van der Waals surface area (Å²) in [6.45, 7) is 4.66. The van der Waals surface area contributed by atoms with E-state index < -0.39 is 28.7 Å². The number of nitrogens with zero attached hydrogens (tertiary/aromatic N) is 2. The summed E-state index contributed by atoms with van der Waals surface area (Å²) in [5, 5.41) is 9.05. The summed E-state index contributed by atoms with van der Waals surface area (Å²) < 4.78 is 47.9. The van der Waals surface area contributed by atoms with Crippen LogP contribution in [0.25, 0.3) is 0 Å². The van der Waals surface area contributed by atoms with Crippen molar-refractivity contribution in [3.05, 3.63) is 83.2 Å². The summed E-state index contributed by atoms with van der Waals surface area (Å²) in [5.74, 6) is -0.760. The standard InChI is InChI=1S/C24H25FN2O5S/c1-16-11-22(27(14-18(3)25)33(30,31)21-5-4-10-26-13-21)23(12-17(16)2)32-15-19-6-8-20(9-7-19)24(28)29/h4-13,18H,14-15H2,1-3H3,(H,28,29)/t18-/m0/s1. The predicted octanol–water partition coefficient (Wildman–Crippen LogP) is 4.53. The van der Waals surface area contributed by atoms with Crippen LogP contribution in [0.15, 0.2) is 65.8 Å². The lowest BCUT2D eigenvalue weighted by molar-refractivity contribution is 0.0696. The van der Waals surface area contributed by atoms with Crippen LogP contribution >= 0.6 is 0 Å². The number of anilines is 1. The number of rotatable bonds is 9. The number of hydrogen-bond acceptors (Lipinski definition) is 5. The highest BCUT2D eigenvalue weighted by molar-refractivity contribution is 7.92. The van der Waals surface area contributed by atoms with Gasteiger partial charge in [-0.2, -0.15) is 0 Å². The van der Waals surface area contributed by atoms with Crippen LogP contribution < -0.4 is 9.04 Å². The van der Waals surface area contributed by atoms with Crippen LogP contribution in [0.1, 0.15) is 34.0 Å². The molecule has 0 aliphatic rings. The Morgan fingerprint density at radius 1 is 1.15 bits per heavy atom. The molecule has 174 valence electrons. The molecule has 0 bridgehead atoms. The van der Waals surface area contributed by atoms with Gasteiger partial charge in [-0.1, -0.05) is 12.1 Å². The van der Waals surface area contributed by atoms with Crippen molar-refractivity contribution in [2.45, 2.75) is 38.4 Å². The van der Waals surface area contributed by atoms with E-state index in [1.807, 2.05) is 13.8 Å². The maximum atomic E-state index is 14.1. The van der Waals surface area contributed by atoms with Gasteiger partial charge in [-0.25, -0.2) is 17.6 Å². The van der Waals surface area contributed by atoms with E-state index in [0.29, 0.717) is 5.56 Å². The lowest BCUT2D eigenvalue weighted by Gasteiger charge is -2.27. The zero-order chi connectivity index (χ0) is 24.2. The van der Waals surface area contributed by atoms with Crippen LogP contribution in [0.4, 0.5) is 10.1 Å². The fourth-order valence-electron chi connectivity index (χ4n) is 3.17. The number of carboxylic acid groups (broad SMARTS) is 1. The van der Waals surface area contributed by atoms with E-state index in [1.54, 1.807) is 24.3 Å². The minimum absolute atomic E-state index is 0.0564. The van der Waals surface area contributed by atoms with Gasteiger partial charge in [-0.15, -0.1) is 0 Å². The largest absolute Gasteiger partial charge is 0.487 e. The van der Waals surface area contributed by atoms with E-state index >= 15 is 0 Å². The van der Waals surface area contributed by atoms with Gasteiger partial charge in [0.05, 0.1) is 17.8 Å². The van der Waals surface area contributed by atoms with Gasteiger partial charge in [-0.05, 0) is 73.9 Å². The molecule has 1 aromatic heterocycles. The average Bonchev–Trinajstić information content (AvgIpc) is 2.78. The van der Waals surface area contributed by atoms with Crippen molar-refractivity contribution in [3.8, 4) is 5.75 Å². The highest BCUT2D eigenvalue weighted by atomic mass is 32.2. The number of sulfonamides is 1. The number of alkyl halides is 1. The van der Waals surface area contributed by atoms with Crippen LogP contribution in [0.3, 0.4) is 0 Å². The van der Waals surface area contributed by atoms with Crippen molar-refractivity contribution >= 4 is 21.7 Å². The fraction of sp³-hybridized carbons (Fsp3) is 0.250. The Balaban J connectivity index is 2.02. The first-order valence-corrected chi connectivity index (χ1v) is 11.7. The third kappa shape index (κ3) is 5.67. The normalized spacial score (nSPS) is 12.2. The van der Waals surface area contributed by atoms with Crippen LogP contribution in [0.5, 0.6) is 5.75 Å². The zero-order valence-electron chi connectivity index (χ0n) is 18.5. The van der Waals surface area contributed by atoms with Gasteiger partial charge in [0.15, 0.2) is 0 Å². The maximum Gasteiger partial charge on any atom is 0.335 e. The molecule has 1 N–H and O–H groups in total. The first-order chi connectivity index (χ1) is 15.6. The van der Waals surface area contributed by atoms with Crippen molar-refractivity contribution in [1.29, 1.82) is 0 Å². The number of benzene rings is 2. The number of carbonyl (C=O) groups is 1. The van der Waals surface area contributed by atoms with Crippen molar-refractivity contribution in [2.24, 2.45) is 0 Å². The molecule has 33 heavy (non-hydrogen) atoms. The summed E-state index contributed by atoms with van der Waals surface area (Å²) in [4.78, 5) is 14.9. The molecule has 1 atom stereocenters. The minimum atomic E-state index is -4.11. The topological polar surface area (TPSA) is 96.8 Å². The summed E-state index contributed by atoms with van der Waals surface area (Å²) in [7, 11) is -4.11. The van der Waals surface area contributed by atoms with E-state index in [0.717, 1.165) is 15.4 Å². The molecular weight excluding hydrogens is 447 g/mol. The molecule has 0 fully saturated rings. The second-order valence-corrected chi connectivity index (χ2v) is 9.56. The molecule has 0 radical (unpaired) electrons. The molecule has 0 saturated carbocycles. The van der Waals surface area contributed by atoms with E-state index in [1.165, 1.54) is 43.6 Å². The molecule has 0 saturated heterocycles. The third-order valence-electron chi connectivity index (χ3n) is 5.08. The second-order valence-electron chi connectivity index (χ2n) is 7.70. The monoisotopic (exact) mass is 472 g/mol. The summed E-state index contributed by atoms with van der Waals surface area (Å²) >= 11 is 0. The van der Waals surface area contributed by atoms with Crippen LogP contribution in [0.2, 0.25) is 0 Å². The van der Waals surface area contributed by atoms with Crippen LogP contribution in [-0.4, -0.2) is 37.2 Å². The Hall–Kier alpha value is -3.46. The molecular formula is C24H25FN2O5S. The van der Waals surface area contributed by atoms with Crippen LogP contribution in [-0.2, 0) is 16.6 Å². The molecule has 0 aliphatic carbocycles. The Morgan fingerprint density at radius 2 is 1.82 bits per heavy atom. The molecule has 0 unspecified atom stereocenters. The van der Waals surface area contributed by atoms with Crippen molar-refractivity contribution in [3.63, 3.8) is 0 Å². The molecule has 0 aliphatic heterocycles. The number of pyridine rings is 1. The summed E-state index contributed by atoms with van der Waals surface area (Å²) in [6.07, 6.45) is 1.24. The van der Waals surface area contributed by atoms with Gasteiger partial charge >= 0.3 is 5.97 Å². The first kappa shape index (κ1) is 24.2. The molecule has 0 amide bonds. The molecule has 0 spiro atoms. The third-order valence-corrected chi connectivity index (χ3v) is 6.84. The van der Waals surface area contributed by atoms with E-state index in [2.05, 4.69) is 4.98 Å². The number of carboxylic acids is 1. The van der Waals surface area contributed by atoms with Gasteiger partial charge in [0.2, 0.25) is 0 Å². The molecule has 1 heterocycles. The quantitative estimate of drug-likeness (QED) is 0.492. The fourth-order valence-corrected chi connectivity index (χ4v) is 4.67. The lowest BCUT2D eigenvalue weighted by atomic mass is 10.1. The Kier molecular flexibility index (Phi) is 7.33. The number of halogens is 1. The van der Waals surface area contributed by atoms with Crippen molar-refractivity contribution < 1.29 is 27.4 Å². The smallest absolute Gasteiger partial charge is 0.335 e. The van der Waals surface area contributed by atoms with Crippen molar-refractivity contribution in [2.75, 3.05) is 10.8 Å². The highest BCUT2D eigenvalue weighted by Crippen LogP contribution is 2.36. The van der Waals surface area contributed by atoms with Crippen molar-refractivity contribution in [1.82, 2.24) is 4.98 Å². The van der Waals surface area contributed by atoms with Gasteiger partial charge in [0, 0.05) is 12.4 Å². The molecule has 2 aromatic carbocycles. The Labute approximate surface area is 192 Å². The predicted molar refractivity (Wildman–Crippen MR) is 123 cm³/mol. The van der Waals surface area contributed by atoms with Gasteiger partial charge in [0.1, 0.15) is 23.4 Å². The van der Waals surface area contributed by atoms with Gasteiger partial charge in [-0.3, -0.25) is 9.29 Å². The second kappa shape index (κ2) is 9.99. The highest BCUT2D eigenvalue weighted by Gasteiger charge is 2.29. The number of ether oxygens (including phenoxy) is 1. The van der Waals surface area contributed by atoms with E-state index in [-0.39, 0.29) is 28.5 Å². The molecule has 3 rings (SSSR count). The van der Waals surface area contributed by atoms with Gasteiger partial charge < -0.3 is 9.84 Å². The number of aromatic nitrogens is 1. The molecule has 3 aromatic rings.